The molecule has 2 rings (SSSR count). The third-order valence-electron chi connectivity index (χ3n) is 2.54. The topological polar surface area (TPSA) is 84.2 Å². The first-order valence-electron chi connectivity index (χ1n) is 5.78. The molecule has 0 aromatic heterocycles. The summed E-state index contributed by atoms with van der Waals surface area (Å²) in [5.74, 6) is -0.950. The molecule has 3 amide bonds. The highest BCUT2D eigenvalue weighted by atomic mass is 19.1. The van der Waals surface area contributed by atoms with Crippen molar-refractivity contribution in [2.75, 3.05) is 10.6 Å². The molecule has 0 aliphatic rings. The van der Waals surface area contributed by atoms with Gasteiger partial charge in [-0.2, -0.15) is 0 Å². The molecule has 102 valence electrons. The van der Waals surface area contributed by atoms with Gasteiger partial charge in [-0.05, 0) is 36.4 Å². The maximum absolute atomic E-state index is 13.4. The fourth-order valence-electron chi connectivity index (χ4n) is 1.60. The molecule has 20 heavy (non-hydrogen) atoms. The average Bonchev–Trinajstić information content (AvgIpc) is 2.41. The van der Waals surface area contributed by atoms with Crippen molar-refractivity contribution in [3.8, 4) is 0 Å². The molecule has 4 N–H and O–H groups in total. The molecule has 0 saturated carbocycles. The molecule has 2 aromatic rings. The number of halogens is 1. The molecule has 0 bridgehead atoms. The molecule has 0 atom stereocenters. The van der Waals surface area contributed by atoms with E-state index in [1.54, 1.807) is 6.07 Å². The van der Waals surface area contributed by atoms with E-state index in [0.717, 1.165) is 0 Å². The van der Waals surface area contributed by atoms with Crippen LogP contribution in [-0.2, 0) is 0 Å². The summed E-state index contributed by atoms with van der Waals surface area (Å²) in [6.07, 6.45) is 0. The minimum absolute atomic E-state index is 0.108. The van der Waals surface area contributed by atoms with E-state index in [4.69, 9.17) is 5.73 Å². The van der Waals surface area contributed by atoms with Crippen molar-refractivity contribution in [2.45, 2.75) is 0 Å². The minimum atomic E-state index is -0.687. The first kappa shape index (κ1) is 13.5. The molecule has 0 saturated heterocycles. The molecule has 2 aromatic carbocycles. The number of anilines is 2. The number of nitrogens with two attached hydrogens (primary N) is 1. The standard InChI is InChI=1S/C14H12FN3O2/c15-11-3-1-2-4-12(11)18-13(19)9-5-7-10(8-6-9)17-14(16)20/h1-8H,(H,18,19)(H3,16,17,20). The average molecular weight is 273 g/mol. The summed E-state index contributed by atoms with van der Waals surface area (Å²) < 4.78 is 13.4. The van der Waals surface area contributed by atoms with Crippen LogP contribution in [0.15, 0.2) is 48.5 Å². The van der Waals surface area contributed by atoms with Crippen molar-refractivity contribution in [1.82, 2.24) is 0 Å². The SMILES string of the molecule is NC(=O)Nc1ccc(C(=O)Nc2ccccc2F)cc1. The Kier molecular flexibility index (Phi) is 3.95. The number of para-hydroxylation sites is 1. The Morgan fingerprint density at radius 2 is 1.60 bits per heavy atom. The van der Waals surface area contributed by atoms with Crippen LogP contribution in [0, 0.1) is 5.82 Å². The Morgan fingerprint density at radius 1 is 0.950 bits per heavy atom. The highest BCUT2D eigenvalue weighted by Crippen LogP contribution is 2.15. The second-order valence-corrected chi connectivity index (χ2v) is 4.00. The number of benzene rings is 2. The van der Waals surface area contributed by atoms with Gasteiger partial charge in [-0.1, -0.05) is 12.1 Å². The predicted molar refractivity (Wildman–Crippen MR) is 74.0 cm³/mol. The Morgan fingerprint density at radius 3 is 2.20 bits per heavy atom. The lowest BCUT2D eigenvalue weighted by molar-refractivity contribution is 0.102. The summed E-state index contributed by atoms with van der Waals surface area (Å²) in [4.78, 5) is 22.6. The number of carbonyl (C=O) groups is 2. The van der Waals surface area contributed by atoms with Gasteiger partial charge in [-0.15, -0.1) is 0 Å². The monoisotopic (exact) mass is 273 g/mol. The Bertz CT molecular complexity index is 641. The number of rotatable bonds is 3. The van der Waals surface area contributed by atoms with Gasteiger partial charge < -0.3 is 16.4 Å². The van der Waals surface area contributed by atoms with Crippen LogP contribution in [0.4, 0.5) is 20.6 Å². The fraction of sp³-hybridized carbons (Fsp3) is 0. The van der Waals surface area contributed by atoms with Crippen molar-refractivity contribution in [1.29, 1.82) is 0 Å². The van der Waals surface area contributed by atoms with Crippen LogP contribution in [0.5, 0.6) is 0 Å². The maximum Gasteiger partial charge on any atom is 0.316 e. The second-order valence-electron chi connectivity index (χ2n) is 4.00. The Labute approximate surface area is 114 Å². The third kappa shape index (κ3) is 3.32. The molecule has 6 heteroatoms. The molecule has 0 heterocycles. The Hall–Kier alpha value is -2.89. The van der Waals surface area contributed by atoms with E-state index in [1.165, 1.54) is 42.5 Å². The summed E-state index contributed by atoms with van der Waals surface area (Å²) >= 11 is 0. The van der Waals surface area contributed by atoms with Gasteiger partial charge in [0.25, 0.3) is 5.91 Å². The van der Waals surface area contributed by atoms with E-state index < -0.39 is 17.8 Å². The number of urea groups is 1. The van der Waals surface area contributed by atoms with E-state index in [1.807, 2.05) is 0 Å². The van der Waals surface area contributed by atoms with Gasteiger partial charge in [0.05, 0.1) is 5.69 Å². The molecule has 5 nitrogen and oxygen atoms in total. The number of carbonyl (C=O) groups excluding carboxylic acids is 2. The molecule has 0 aliphatic carbocycles. The predicted octanol–water partition coefficient (Wildman–Crippen LogP) is 2.57. The maximum atomic E-state index is 13.4. The van der Waals surface area contributed by atoms with E-state index in [-0.39, 0.29) is 5.69 Å². The zero-order valence-electron chi connectivity index (χ0n) is 10.4. The molecule has 0 aliphatic heterocycles. The fourth-order valence-corrected chi connectivity index (χ4v) is 1.60. The molecular formula is C14H12FN3O2. The number of hydrogen-bond acceptors (Lipinski definition) is 2. The van der Waals surface area contributed by atoms with Gasteiger partial charge in [0, 0.05) is 11.3 Å². The summed E-state index contributed by atoms with van der Waals surface area (Å²) in [7, 11) is 0. The van der Waals surface area contributed by atoms with Crippen molar-refractivity contribution < 1.29 is 14.0 Å². The molecular weight excluding hydrogens is 261 g/mol. The summed E-state index contributed by atoms with van der Waals surface area (Å²) in [5.41, 5.74) is 5.89. The van der Waals surface area contributed by atoms with Gasteiger partial charge in [0.15, 0.2) is 0 Å². The lowest BCUT2D eigenvalue weighted by Crippen LogP contribution is -2.19. The van der Waals surface area contributed by atoms with Crippen LogP contribution in [-0.4, -0.2) is 11.9 Å². The van der Waals surface area contributed by atoms with Crippen molar-refractivity contribution in [2.24, 2.45) is 5.73 Å². The van der Waals surface area contributed by atoms with Crippen molar-refractivity contribution in [3.05, 3.63) is 59.9 Å². The minimum Gasteiger partial charge on any atom is -0.351 e. The third-order valence-corrected chi connectivity index (χ3v) is 2.54. The van der Waals surface area contributed by atoms with Crippen molar-refractivity contribution in [3.63, 3.8) is 0 Å². The van der Waals surface area contributed by atoms with Crippen LogP contribution in [0.2, 0.25) is 0 Å². The van der Waals surface area contributed by atoms with Gasteiger partial charge in [-0.3, -0.25) is 4.79 Å². The number of primary amides is 1. The molecule has 0 fully saturated rings. The molecule has 0 unspecified atom stereocenters. The molecule has 0 spiro atoms. The smallest absolute Gasteiger partial charge is 0.316 e. The summed E-state index contributed by atoms with van der Waals surface area (Å²) in [6, 6.07) is 11.3. The van der Waals surface area contributed by atoms with Crippen LogP contribution in [0.3, 0.4) is 0 Å². The first-order valence-corrected chi connectivity index (χ1v) is 5.78. The zero-order chi connectivity index (χ0) is 14.5. The summed E-state index contributed by atoms with van der Waals surface area (Å²) in [5, 5.41) is 4.84. The van der Waals surface area contributed by atoms with Crippen LogP contribution in [0.1, 0.15) is 10.4 Å². The number of hydrogen-bond donors (Lipinski definition) is 3. The van der Waals surface area contributed by atoms with Crippen LogP contribution < -0.4 is 16.4 Å². The summed E-state index contributed by atoms with van der Waals surface area (Å²) in [6.45, 7) is 0. The highest BCUT2D eigenvalue weighted by Gasteiger charge is 2.08. The van der Waals surface area contributed by atoms with Gasteiger partial charge in [0.1, 0.15) is 5.82 Å². The van der Waals surface area contributed by atoms with E-state index in [9.17, 15) is 14.0 Å². The number of amides is 3. The highest BCUT2D eigenvalue weighted by molar-refractivity contribution is 6.04. The van der Waals surface area contributed by atoms with E-state index in [0.29, 0.717) is 11.3 Å². The van der Waals surface area contributed by atoms with Crippen LogP contribution in [0.25, 0.3) is 0 Å². The lowest BCUT2D eigenvalue weighted by Gasteiger charge is -2.07. The largest absolute Gasteiger partial charge is 0.351 e. The zero-order valence-corrected chi connectivity index (χ0v) is 10.4. The normalized spacial score (nSPS) is 9.85. The van der Waals surface area contributed by atoms with Crippen LogP contribution >= 0.6 is 0 Å². The quantitative estimate of drug-likeness (QED) is 0.803. The second kappa shape index (κ2) is 5.83. The van der Waals surface area contributed by atoms with Crippen molar-refractivity contribution >= 4 is 23.3 Å². The Balaban J connectivity index is 2.10. The molecule has 0 radical (unpaired) electrons. The lowest BCUT2D eigenvalue weighted by atomic mass is 10.2. The van der Waals surface area contributed by atoms with Gasteiger partial charge in [0.2, 0.25) is 0 Å². The van der Waals surface area contributed by atoms with E-state index >= 15 is 0 Å². The number of nitrogens with one attached hydrogen (secondary N) is 2. The van der Waals surface area contributed by atoms with Gasteiger partial charge >= 0.3 is 6.03 Å². The first-order chi connectivity index (χ1) is 9.56. The van der Waals surface area contributed by atoms with E-state index in [2.05, 4.69) is 10.6 Å². The van der Waals surface area contributed by atoms with Gasteiger partial charge in [-0.25, -0.2) is 9.18 Å².